The molecule has 0 aliphatic carbocycles. The van der Waals surface area contributed by atoms with Gasteiger partial charge < -0.3 is 10.1 Å². The van der Waals surface area contributed by atoms with Crippen molar-refractivity contribution in [1.82, 2.24) is 4.72 Å². The molecule has 0 unspecified atom stereocenters. The summed E-state index contributed by atoms with van der Waals surface area (Å²) in [6.07, 6.45) is 0. The summed E-state index contributed by atoms with van der Waals surface area (Å²) in [7, 11) is -3.77. The summed E-state index contributed by atoms with van der Waals surface area (Å²) >= 11 is 5.71. The van der Waals surface area contributed by atoms with Gasteiger partial charge in [-0.15, -0.1) is 0 Å². The molecule has 0 saturated carbocycles. The molecule has 0 aliphatic rings. The second-order valence-electron chi connectivity index (χ2n) is 7.42. The molecule has 2 rings (SSSR count). The van der Waals surface area contributed by atoms with Crippen molar-refractivity contribution in [2.24, 2.45) is 0 Å². The Bertz CT molecular complexity index is 1110. The van der Waals surface area contributed by atoms with Crippen molar-refractivity contribution in [3.8, 4) is 0 Å². The molecule has 2 N–H and O–H groups in total. The molecule has 0 aromatic heterocycles. The Morgan fingerprint density at radius 3 is 2.29 bits per heavy atom. The van der Waals surface area contributed by atoms with Gasteiger partial charge in [0.05, 0.1) is 15.4 Å². The van der Waals surface area contributed by atoms with Gasteiger partial charge in [-0.2, -0.15) is 0 Å². The normalized spacial score (nSPS) is 11.6. The van der Waals surface area contributed by atoms with Crippen LogP contribution in [0.25, 0.3) is 0 Å². The molecule has 2 aromatic carbocycles. The zero-order chi connectivity index (χ0) is 23.4. The Balaban J connectivity index is 2.00. The van der Waals surface area contributed by atoms with E-state index in [0.717, 1.165) is 6.07 Å². The summed E-state index contributed by atoms with van der Waals surface area (Å²) in [6, 6.07) is 8.67. The second kappa shape index (κ2) is 9.41. The molecular weight excluding hydrogens is 450 g/mol. The van der Waals surface area contributed by atoms with E-state index in [1.807, 2.05) is 0 Å². The summed E-state index contributed by atoms with van der Waals surface area (Å²) in [6.45, 7) is 4.38. The van der Waals surface area contributed by atoms with Crippen molar-refractivity contribution in [1.29, 1.82) is 0 Å². The number of esters is 1. The third-order valence-electron chi connectivity index (χ3n) is 3.61. The van der Waals surface area contributed by atoms with E-state index < -0.39 is 44.7 Å². The van der Waals surface area contributed by atoms with E-state index in [9.17, 15) is 28.1 Å². The van der Waals surface area contributed by atoms with Crippen LogP contribution < -0.4 is 10.0 Å². The van der Waals surface area contributed by atoms with Gasteiger partial charge >= 0.3 is 5.97 Å². The molecule has 0 radical (unpaired) electrons. The van der Waals surface area contributed by atoms with Gasteiger partial charge in [-0.25, -0.2) is 17.9 Å². The van der Waals surface area contributed by atoms with E-state index in [0.29, 0.717) is 0 Å². The number of hydrogen-bond acceptors (Lipinski definition) is 7. The molecule has 0 aliphatic heterocycles. The van der Waals surface area contributed by atoms with Crippen molar-refractivity contribution in [3.63, 3.8) is 0 Å². The molecule has 0 saturated heterocycles. The fourth-order valence-electron chi connectivity index (χ4n) is 2.39. The molecule has 31 heavy (non-hydrogen) atoms. The highest BCUT2D eigenvalue weighted by atomic mass is 35.5. The molecule has 0 bridgehead atoms. The monoisotopic (exact) mass is 469 g/mol. The van der Waals surface area contributed by atoms with Gasteiger partial charge in [0.15, 0.2) is 6.61 Å². The zero-order valence-corrected chi connectivity index (χ0v) is 18.4. The van der Waals surface area contributed by atoms with Gasteiger partial charge in [-0.1, -0.05) is 11.6 Å². The van der Waals surface area contributed by atoms with E-state index in [1.54, 1.807) is 20.8 Å². The van der Waals surface area contributed by atoms with E-state index in [-0.39, 0.29) is 21.2 Å². The van der Waals surface area contributed by atoms with Gasteiger partial charge in [0.2, 0.25) is 10.0 Å². The molecule has 0 spiro atoms. The highest BCUT2D eigenvalue weighted by Crippen LogP contribution is 2.27. The minimum atomic E-state index is -3.77. The van der Waals surface area contributed by atoms with Gasteiger partial charge in [-0.05, 0) is 57.2 Å². The predicted octanol–water partition coefficient (Wildman–Crippen LogP) is 3.12. The lowest BCUT2D eigenvalue weighted by Crippen LogP contribution is -2.40. The summed E-state index contributed by atoms with van der Waals surface area (Å²) in [5.41, 5.74) is -1.16. The fraction of sp³-hybridized carbons (Fsp3) is 0.263. The first-order valence-electron chi connectivity index (χ1n) is 8.83. The molecule has 166 valence electrons. The van der Waals surface area contributed by atoms with Crippen LogP contribution in [0.15, 0.2) is 47.4 Å². The van der Waals surface area contributed by atoms with Crippen molar-refractivity contribution < 1.29 is 27.7 Å². The maximum Gasteiger partial charge on any atom is 0.338 e. The molecule has 1 amide bonds. The number of nitro groups is 1. The fourth-order valence-corrected chi connectivity index (χ4v) is 3.98. The third kappa shape index (κ3) is 7.02. The van der Waals surface area contributed by atoms with E-state index in [2.05, 4.69) is 10.0 Å². The summed E-state index contributed by atoms with van der Waals surface area (Å²) in [5, 5.41) is 13.4. The first-order valence-corrected chi connectivity index (χ1v) is 10.7. The lowest BCUT2D eigenvalue weighted by molar-refractivity contribution is -0.383. The van der Waals surface area contributed by atoms with Crippen LogP contribution in [0.2, 0.25) is 5.02 Å². The number of hydrogen-bond donors (Lipinski definition) is 2. The van der Waals surface area contributed by atoms with Crippen LogP contribution in [0.4, 0.5) is 11.4 Å². The third-order valence-corrected chi connectivity index (χ3v) is 5.61. The first-order chi connectivity index (χ1) is 14.3. The van der Waals surface area contributed by atoms with Crippen LogP contribution in [0.1, 0.15) is 31.1 Å². The topological polar surface area (TPSA) is 145 Å². The van der Waals surface area contributed by atoms with Crippen LogP contribution in [0, 0.1) is 10.1 Å². The molecule has 2 aromatic rings. The molecule has 0 atom stereocenters. The van der Waals surface area contributed by atoms with Crippen LogP contribution in [-0.2, 0) is 19.6 Å². The number of rotatable bonds is 7. The van der Waals surface area contributed by atoms with Crippen molar-refractivity contribution in [2.75, 3.05) is 11.9 Å². The highest BCUT2D eigenvalue weighted by molar-refractivity contribution is 7.89. The van der Waals surface area contributed by atoms with Gasteiger partial charge in [-0.3, -0.25) is 14.9 Å². The van der Waals surface area contributed by atoms with Crippen LogP contribution in [0.5, 0.6) is 0 Å². The number of nitro benzene ring substituents is 1. The van der Waals surface area contributed by atoms with Crippen molar-refractivity contribution in [2.45, 2.75) is 31.2 Å². The van der Waals surface area contributed by atoms with Crippen molar-refractivity contribution in [3.05, 3.63) is 63.2 Å². The smallest absolute Gasteiger partial charge is 0.338 e. The Hall–Kier alpha value is -3.02. The number of halogens is 1. The molecular formula is C19H20ClN3O7S. The van der Waals surface area contributed by atoms with Gasteiger partial charge in [0.25, 0.3) is 11.6 Å². The molecule has 12 heteroatoms. The Morgan fingerprint density at radius 1 is 1.13 bits per heavy atom. The number of sulfonamides is 1. The average Bonchev–Trinajstić information content (AvgIpc) is 2.65. The summed E-state index contributed by atoms with van der Waals surface area (Å²) in [4.78, 5) is 34.4. The Labute approximate surface area is 183 Å². The van der Waals surface area contributed by atoms with E-state index >= 15 is 0 Å². The SMILES string of the molecule is CC(C)(C)NS(=O)(=O)c1ccc(C(=O)OCC(=O)Nc2ccc(Cl)cc2[N+](=O)[O-])cc1. The Morgan fingerprint density at radius 2 is 1.74 bits per heavy atom. The summed E-state index contributed by atoms with van der Waals surface area (Å²) in [5.74, 6) is -1.67. The number of ether oxygens (including phenoxy) is 1. The zero-order valence-electron chi connectivity index (χ0n) is 16.8. The van der Waals surface area contributed by atoms with Gasteiger partial charge in [0, 0.05) is 16.6 Å². The van der Waals surface area contributed by atoms with E-state index in [4.69, 9.17) is 16.3 Å². The average molecular weight is 470 g/mol. The van der Waals surface area contributed by atoms with Crippen molar-refractivity contribution >= 4 is 44.9 Å². The van der Waals surface area contributed by atoms with Crippen LogP contribution in [-0.4, -0.2) is 37.4 Å². The predicted molar refractivity (Wildman–Crippen MR) is 114 cm³/mol. The lowest BCUT2D eigenvalue weighted by atomic mass is 10.1. The first kappa shape index (κ1) is 24.3. The number of carbonyl (C=O) groups excluding carboxylic acids is 2. The Kier molecular flexibility index (Phi) is 7.37. The summed E-state index contributed by atoms with van der Waals surface area (Å²) < 4.78 is 31.9. The maximum absolute atomic E-state index is 12.3. The largest absolute Gasteiger partial charge is 0.452 e. The van der Waals surface area contributed by atoms with Crippen LogP contribution in [0.3, 0.4) is 0 Å². The quantitative estimate of drug-likeness (QED) is 0.360. The number of nitrogens with zero attached hydrogens (tertiary/aromatic N) is 1. The van der Waals surface area contributed by atoms with Gasteiger partial charge in [0.1, 0.15) is 5.69 Å². The lowest BCUT2D eigenvalue weighted by Gasteiger charge is -2.20. The minimum absolute atomic E-state index is 0.0278. The van der Waals surface area contributed by atoms with E-state index in [1.165, 1.54) is 36.4 Å². The second-order valence-corrected chi connectivity index (χ2v) is 9.54. The number of nitrogens with one attached hydrogen (secondary N) is 2. The highest BCUT2D eigenvalue weighted by Gasteiger charge is 2.22. The minimum Gasteiger partial charge on any atom is -0.452 e. The molecule has 0 fully saturated rings. The van der Waals surface area contributed by atoms with Crippen LogP contribution >= 0.6 is 11.6 Å². The molecule has 10 nitrogen and oxygen atoms in total. The number of benzene rings is 2. The molecule has 0 heterocycles. The number of amides is 1. The number of carbonyl (C=O) groups is 2. The standard InChI is InChI=1S/C19H20ClN3O7S/c1-19(2,3)22-31(28,29)14-7-4-12(5-8-14)18(25)30-11-17(24)21-15-9-6-13(20)10-16(15)23(26)27/h4-10,22H,11H2,1-3H3,(H,21,24). The maximum atomic E-state index is 12.3. The number of anilines is 1.